The first-order valence-electron chi connectivity index (χ1n) is 6.80. The van der Waals surface area contributed by atoms with Gasteiger partial charge in [-0.3, -0.25) is 0 Å². The summed E-state index contributed by atoms with van der Waals surface area (Å²) in [5.41, 5.74) is -1.22. The minimum atomic E-state index is -0.970. The molecule has 2 nitrogen and oxygen atoms in total. The second kappa shape index (κ2) is 4.24. The largest absolute Gasteiger partial charge is 0.390 e. The standard InChI is InChI=1S/C15H30O2/c1-10-8-11(13(2,3)4)12(16)15(17,9-10)14(5,6)7/h10-12,16-17H,8-9H2,1-7H3. The van der Waals surface area contributed by atoms with Gasteiger partial charge in [0.05, 0.1) is 11.7 Å². The zero-order valence-corrected chi connectivity index (χ0v) is 12.5. The minimum Gasteiger partial charge on any atom is -0.390 e. The summed E-state index contributed by atoms with van der Waals surface area (Å²) in [6, 6.07) is 0. The normalized spacial score (nSPS) is 40.4. The maximum atomic E-state index is 10.9. The maximum absolute atomic E-state index is 10.9. The summed E-state index contributed by atoms with van der Waals surface area (Å²) in [6.07, 6.45) is 1.08. The van der Waals surface area contributed by atoms with E-state index in [2.05, 4.69) is 27.7 Å². The van der Waals surface area contributed by atoms with E-state index >= 15 is 0 Å². The third kappa shape index (κ3) is 2.68. The summed E-state index contributed by atoms with van der Waals surface area (Å²) in [5, 5.41) is 21.6. The van der Waals surface area contributed by atoms with Crippen LogP contribution in [0, 0.1) is 22.7 Å². The van der Waals surface area contributed by atoms with Crippen molar-refractivity contribution in [2.24, 2.45) is 22.7 Å². The van der Waals surface area contributed by atoms with Crippen molar-refractivity contribution in [3.63, 3.8) is 0 Å². The highest BCUT2D eigenvalue weighted by atomic mass is 16.3. The summed E-state index contributed by atoms with van der Waals surface area (Å²) < 4.78 is 0. The fraction of sp³-hybridized carbons (Fsp3) is 1.00. The molecule has 0 spiro atoms. The Morgan fingerprint density at radius 2 is 1.53 bits per heavy atom. The van der Waals surface area contributed by atoms with Crippen LogP contribution in [0.25, 0.3) is 0 Å². The lowest BCUT2D eigenvalue weighted by molar-refractivity contribution is -0.206. The summed E-state index contributed by atoms with van der Waals surface area (Å²) in [7, 11) is 0. The van der Waals surface area contributed by atoms with E-state index in [0.29, 0.717) is 12.3 Å². The predicted molar refractivity (Wildman–Crippen MR) is 71.8 cm³/mol. The highest BCUT2D eigenvalue weighted by Gasteiger charge is 2.54. The van der Waals surface area contributed by atoms with Gasteiger partial charge in [-0.05, 0) is 35.5 Å². The van der Waals surface area contributed by atoms with Gasteiger partial charge in [0, 0.05) is 0 Å². The molecule has 17 heavy (non-hydrogen) atoms. The number of rotatable bonds is 0. The van der Waals surface area contributed by atoms with Gasteiger partial charge in [0.25, 0.3) is 0 Å². The van der Waals surface area contributed by atoms with Crippen LogP contribution in [-0.4, -0.2) is 21.9 Å². The Bertz CT molecular complexity index is 272. The van der Waals surface area contributed by atoms with E-state index in [4.69, 9.17) is 0 Å². The van der Waals surface area contributed by atoms with Crippen molar-refractivity contribution in [1.82, 2.24) is 0 Å². The van der Waals surface area contributed by atoms with Gasteiger partial charge in [-0.25, -0.2) is 0 Å². The van der Waals surface area contributed by atoms with E-state index in [1.54, 1.807) is 0 Å². The van der Waals surface area contributed by atoms with Crippen LogP contribution in [0.5, 0.6) is 0 Å². The van der Waals surface area contributed by atoms with Crippen molar-refractivity contribution in [2.45, 2.75) is 73.0 Å². The van der Waals surface area contributed by atoms with Crippen molar-refractivity contribution in [3.8, 4) is 0 Å². The number of aliphatic hydroxyl groups is 2. The van der Waals surface area contributed by atoms with Crippen molar-refractivity contribution in [2.75, 3.05) is 0 Å². The first-order chi connectivity index (χ1) is 7.39. The van der Waals surface area contributed by atoms with Crippen molar-refractivity contribution in [3.05, 3.63) is 0 Å². The van der Waals surface area contributed by atoms with Crippen molar-refractivity contribution in [1.29, 1.82) is 0 Å². The molecule has 0 amide bonds. The average molecular weight is 242 g/mol. The lowest BCUT2D eigenvalue weighted by Gasteiger charge is -2.54. The molecular weight excluding hydrogens is 212 g/mol. The highest BCUT2D eigenvalue weighted by Crippen LogP contribution is 2.50. The molecule has 0 bridgehead atoms. The quantitative estimate of drug-likeness (QED) is 0.685. The number of hydrogen-bond donors (Lipinski definition) is 2. The van der Waals surface area contributed by atoms with Gasteiger partial charge >= 0.3 is 0 Å². The van der Waals surface area contributed by atoms with E-state index in [1.807, 2.05) is 20.8 Å². The average Bonchev–Trinajstić information content (AvgIpc) is 2.07. The molecule has 1 aliphatic rings. The number of hydrogen-bond acceptors (Lipinski definition) is 2. The lowest BCUT2D eigenvalue weighted by Crippen LogP contribution is -2.61. The van der Waals surface area contributed by atoms with Crippen LogP contribution >= 0.6 is 0 Å². The van der Waals surface area contributed by atoms with Gasteiger partial charge in [0.1, 0.15) is 0 Å². The molecule has 0 saturated heterocycles. The fourth-order valence-corrected chi connectivity index (χ4v) is 3.21. The van der Waals surface area contributed by atoms with E-state index in [9.17, 15) is 10.2 Å². The molecule has 2 heteroatoms. The van der Waals surface area contributed by atoms with Gasteiger partial charge in [-0.1, -0.05) is 48.5 Å². The first-order valence-corrected chi connectivity index (χ1v) is 6.80. The Hall–Kier alpha value is -0.0800. The molecule has 0 radical (unpaired) electrons. The van der Waals surface area contributed by atoms with Crippen LogP contribution < -0.4 is 0 Å². The second-order valence-corrected chi connectivity index (χ2v) is 8.14. The fourth-order valence-electron chi connectivity index (χ4n) is 3.21. The van der Waals surface area contributed by atoms with Crippen molar-refractivity contribution < 1.29 is 10.2 Å². The molecule has 4 atom stereocenters. The van der Waals surface area contributed by atoms with Crippen LogP contribution in [0.2, 0.25) is 0 Å². The van der Waals surface area contributed by atoms with Crippen LogP contribution in [-0.2, 0) is 0 Å². The third-order valence-electron chi connectivity index (χ3n) is 4.60. The third-order valence-corrected chi connectivity index (χ3v) is 4.60. The first kappa shape index (κ1) is 15.0. The Balaban J connectivity index is 3.10. The van der Waals surface area contributed by atoms with Gasteiger partial charge in [-0.2, -0.15) is 0 Å². The van der Waals surface area contributed by atoms with E-state index in [0.717, 1.165) is 6.42 Å². The van der Waals surface area contributed by atoms with Gasteiger partial charge in [0.15, 0.2) is 0 Å². The van der Waals surface area contributed by atoms with Crippen LogP contribution in [0.15, 0.2) is 0 Å². The summed E-state index contributed by atoms with van der Waals surface area (Å²) in [6.45, 7) is 14.7. The lowest BCUT2D eigenvalue weighted by atomic mass is 9.56. The Morgan fingerprint density at radius 1 is 1.06 bits per heavy atom. The molecule has 0 heterocycles. The minimum absolute atomic E-state index is 0.0350. The number of aliphatic hydroxyl groups excluding tert-OH is 1. The maximum Gasteiger partial charge on any atom is 0.0958 e. The zero-order valence-electron chi connectivity index (χ0n) is 12.5. The molecule has 4 unspecified atom stereocenters. The molecular formula is C15H30O2. The van der Waals surface area contributed by atoms with Crippen LogP contribution in [0.1, 0.15) is 61.3 Å². The van der Waals surface area contributed by atoms with Gasteiger partial charge in [0.2, 0.25) is 0 Å². The SMILES string of the molecule is CC1CC(C(C)(C)C)C(O)C(O)(C(C)(C)C)C1. The molecule has 0 aromatic carbocycles. The van der Waals surface area contributed by atoms with Crippen molar-refractivity contribution >= 4 is 0 Å². The molecule has 0 aromatic heterocycles. The van der Waals surface area contributed by atoms with Crippen LogP contribution in [0.4, 0.5) is 0 Å². The monoisotopic (exact) mass is 242 g/mol. The summed E-state index contributed by atoms with van der Waals surface area (Å²) in [4.78, 5) is 0. The Kier molecular flexibility index (Phi) is 3.73. The van der Waals surface area contributed by atoms with E-state index in [1.165, 1.54) is 0 Å². The van der Waals surface area contributed by atoms with Gasteiger partial charge in [-0.15, -0.1) is 0 Å². The second-order valence-electron chi connectivity index (χ2n) is 8.14. The Morgan fingerprint density at radius 3 is 1.88 bits per heavy atom. The zero-order chi connectivity index (χ0) is 13.6. The molecule has 0 aliphatic heterocycles. The van der Waals surface area contributed by atoms with E-state index < -0.39 is 11.7 Å². The molecule has 1 fully saturated rings. The summed E-state index contributed by atoms with van der Waals surface area (Å²) >= 11 is 0. The van der Waals surface area contributed by atoms with E-state index in [-0.39, 0.29) is 16.7 Å². The molecule has 102 valence electrons. The van der Waals surface area contributed by atoms with Gasteiger partial charge < -0.3 is 10.2 Å². The molecule has 2 N–H and O–H groups in total. The smallest absolute Gasteiger partial charge is 0.0958 e. The molecule has 1 aliphatic carbocycles. The predicted octanol–water partition coefficient (Wildman–Crippen LogP) is 3.22. The van der Waals surface area contributed by atoms with Crippen LogP contribution in [0.3, 0.4) is 0 Å². The topological polar surface area (TPSA) is 40.5 Å². The summed E-state index contributed by atoms with van der Waals surface area (Å²) in [5.74, 6) is 0.627. The highest BCUT2D eigenvalue weighted by molar-refractivity contribution is 5.05. The molecule has 1 rings (SSSR count). The molecule has 0 aromatic rings. The molecule has 1 saturated carbocycles. The Labute approximate surface area is 106 Å².